The molecule has 0 unspecified atom stereocenters. The van der Waals surface area contributed by atoms with E-state index in [0.29, 0.717) is 5.56 Å². The number of benzene rings is 1. The number of hydrogen-bond acceptors (Lipinski definition) is 6. The Morgan fingerprint density at radius 1 is 1.61 bits per heavy atom. The van der Waals surface area contributed by atoms with Gasteiger partial charge in [0.05, 0.1) is 18.0 Å². The maximum Gasteiger partial charge on any atom is 0.311 e. The summed E-state index contributed by atoms with van der Waals surface area (Å²) >= 11 is 0. The lowest BCUT2D eigenvalue weighted by Crippen LogP contribution is -2.17. The van der Waals surface area contributed by atoms with Gasteiger partial charge in [0.15, 0.2) is 5.75 Å². The molecule has 7 heteroatoms. The van der Waals surface area contributed by atoms with E-state index >= 15 is 0 Å². The van der Waals surface area contributed by atoms with E-state index in [0.717, 1.165) is 6.07 Å². The van der Waals surface area contributed by atoms with Crippen LogP contribution >= 0.6 is 0 Å². The maximum absolute atomic E-state index is 11.2. The average Bonchev–Trinajstić information content (AvgIpc) is 2.29. The molecule has 0 fully saturated rings. The fourth-order valence-electron chi connectivity index (χ4n) is 1.43. The summed E-state index contributed by atoms with van der Waals surface area (Å²) < 4.78 is 4.73. The zero-order valence-electron chi connectivity index (χ0n) is 9.83. The van der Waals surface area contributed by atoms with Crippen molar-refractivity contribution >= 4 is 11.7 Å². The highest BCUT2D eigenvalue weighted by atomic mass is 16.6. The first-order valence-corrected chi connectivity index (χ1v) is 5.34. The van der Waals surface area contributed by atoms with Gasteiger partial charge < -0.3 is 15.6 Å². The molecule has 98 valence electrons. The van der Waals surface area contributed by atoms with E-state index in [4.69, 9.17) is 10.5 Å². The largest absolute Gasteiger partial charge is 0.502 e. The normalized spacial score (nSPS) is 11.9. The molecule has 0 spiro atoms. The molecule has 0 aliphatic heterocycles. The number of esters is 1. The molecule has 1 aromatic rings. The van der Waals surface area contributed by atoms with Gasteiger partial charge in [-0.1, -0.05) is 6.07 Å². The summed E-state index contributed by atoms with van der Waals surface area (Å²) in [6, 6.07) is 3.06. The lowest BCUT2D eigenvalue weighted by molar-refractivity contribution is -0.385. The number of carbonyl (C=O) groups excluding carboxylic acids is 1. The van der Waals surface area contributed by atoms with Gasteiger partial charge in [-0.05, 0) is 18.6 Å². The molecule has 0 bridgehead atoms. The summed E-state index contributed by atoms with van der Waals surface area (Å²) in [5.41, 5.74) is 5.70. The standard InChI is InChI=1S/C11H14N2O5/c1-2-18-11(15)6-8(12)7-3-4-10(14)9(5-7)13(16)17/h3-5,8,14H,2,6,12H2,1H3/t8-/m1/s1. The van der Waals surface area contributed by atoms with Gasteiger partial charge in [-0.3, -0.25) is 14.9 Å². The number of nitro groups is 1. The Morgan fingerprint density at radius 2 is 2.28 bits per heavy atom. The summed E-state index contributed by atoms with van der Waals surface area (Å²) in [6.07, 6.45) is -0.0736. The molecular formula is C11H14N2O5. The fraction of sp³-hybridized carbons (Fsp3) is 0.364. The van der Waals surface area contributed by atoms with Crippen molar-refractivity contribution in [3.63, 3.8) is 0 Å². The van der Waals surface area contributed by atoms with Gasteiger partial charge in [0, 0.05) is 12.1 Å². The van der Waals surface area contributed by atoms with Gasteiger partial charge in [-0.15, -0.1) is 0 Å². The van der Waals surface area contributed by atoms with Crippen LogP contribution in [-0.4, -0.2) is 22.6 Å². The highest BCUT2D eigenvalue weighted by molar-refractivity contribution is 5.70. The Hall–Kier alpha value is -2.15. The summed E-state index contributed by atoms with van der Waals surface area (Å²) in [4.78, 5) is 21.1. The van der Waals surface area contributed by atoms with Crippen molar-refractivity contribution in [3.8, 4) is 5.75 Å². The molecule has 0 heterocycles. The van der Waals surface area contributed by atoms with Crippen LogP contribution in [0.4, 0.5) is 5.69 Å². The van der Waals surface area contributed by atoms with E-state index in [1.54, 1.807) is 6.92 Å². The Labute approximate surface area is 103 Å². The van der Waals surface area contributed by atoms with E-state index in [-0.39, 0.29) is 13.0 Å². The van der Waals surface area contributed by atoms with Crippen LogP contribution in [0.3, 0.4) is 0 Å². The van der Waals surface area contributed by atoms with Crippen LogP contribution in [0.2, 0.25) is 0 Å². The second kappa shape index (κ2) is 5.97. The number of nitrogens with zero attached hydrogens (tertiary/aromatic N) is 1. The topological polar surface area (TPSA) is 116 Å². The minimum atomic E-state index is -0.712. The molecule has 0 aliphatic rings. The molecule has 7 nitrogen and oxygen atoms in total. The van der Waals surface area contributed by atoms with Crippen LogP contribution in [0.15, 0.2) is 18.2 Å². The van der Waals surface area contributed by atoms with E-state index in [9.17, 15) is 20.0 Å². The van der Waals surface area contributed by atoms with Crippen LogP contribution in [0.25, 0.3) is 0 Å². The van der Waals surface area contributed by atoms with Crippen LogP contribution in [-0.2, 0) is 9.53 Å². The van der Waals surface area contributed by atoms with Crippen LogP contribution in [0.1, 0.15) is 24.9 Å². The first-order chi connectivity index (χ1) is 8.45. The summed E-state index contributed by atoms with van der Waals surface area (Å²) in [6.45, 7) is 1.93. The van der Waals surface area contributed by atoms with Crippen LogP contribution in [0, 0.1) is 10.1 Å². The van der Waals surface area contributed by atoms with Crippen molar-refractivity contribution in [1.29, 1.82) is 0 Å². The van der Waals surface area contributed by atoms with E-state index in [1.807, 2.05) is 0 Å². The number of phenols is 1. The number of rotatable bonds is 5. The van der Waals surface area contributed by atoms with Crippen molar-refractivity contribution in [3.05, 3.63) is 33.9 Å². The lowest BCUT2D eigenvalue weighted by atomic mass is 10.0. The number of nitrogens with two attached hydrogens (primary N) is 1. The minimum absolute atomic E-state index is 0.0736. The van der Waals surface area contributed by atoms with Gasteiger partial charge in [0.2, 0.25) is 0 Å². The molecule has 0 aliphatic carbocycles. The first-order valence-electron chi connectivity index (χ1n) is 5.34. The molecule has 3 N–H and O–H groups in total. The Balaban J connectivity index is 2.86. The van der Waals surface area contributed by atoms with Crippen LogP contribution in [0.5, 0.6) is 5.75 Å². The zero-order valence-corrected chi connectivity index (χ0v) is 9.83. The monoisotopic (exact) mass is 254 g/mol. The first kappa shape index (κ1) is 13.9. The number of nitro benzene ring substituents is 1. The summed E-state index contributed by atoms with van der Waals surface area (Å²) in [5.74, 6) is -0.909. The Kier molecular flexibility index (Phi) is 4.61. The third-order valence-electron chi connectivity index (χ3n) is 2.32. The number of ether oxygens (including phenoxy) is 1. The minimum Gasteiger partial charge on any atom is -0.502 e. The number of carbonyl (C=O) groups is 1. The smallest absolute Gasteiger partial charge is 0.311 e. The van der Waals surface area contributed by atoms with Crippen molar-refractivity contribution < 1.29 is 19.6 Å². The second-order valence-electron chi connectivity index (χ2n) is 3.62. The van der Waals surface area contributed by atoms with Crippen molar-refractivity contribution in [2.24, 2.45) is 5.73 Å². The lowest BCUT2D eigenvalue weighted by Gasteiger charge is -2.11. The third kappa shape index (κ3) is 3.42. The molecule has 1 atom stereocenters. The number of phenolic OH excluding ortho intramolecular Hbond substituents is 1. The highest BCUT2D eigenvalue weighted by Gasteiger charge is 2.18. The molecule has 0 amide bonds. The summed E-state index contributed by atoms with van der Waals surface area (Å²) in [5, 5.41) is 19.9. The quantitative estimate of drug-likeness (QED) is 0.464. The predicted molar refractivity (Wildman–Crippen MR) is 62.9 cm³/mol. The van der Waals surface area contributed by atoms with Gasteiger partial charge in [-0.25, -0.2) is 0 Å². The molecule has 0 saturated carbocycles. The zero-order chi connectivity index (χ0) is 13.7. The SMILES string of the molecule is CCOC(=O)C[C@@H](N)c1ccc(O)c([N+](=O)[O-])c1. The van der Waals surface area contributed by atoms with Crippen LogP contribution < -0.4 is 5.73 Å². The molecule has 0 radical (unpaired) electrons. The Morgan fingerprint density at radius 3 is 2.83 bits per heavy atom. The molecular weight excluding hydrogens is 240 g/mol. The molecule has 1 rings (SSSR count). The molecule has 0 saturated heterocycles. The average molecular weight is 254 g/mol. The van der Waals surface area contributed by atoms with E-state index < -0.39 is 28.4 Å². The second-order valence-corrected chi connectivity index (χ2v) is 3.62. The van der Waals surface area contributed by atoms with Crippen molar-refractivity contribution in [2.45, 2.75) is 19.4 Å². The molecule has 0 aromatic heterocycles. The highest BCUT2D eigenvalue weighted by Crippen LogP contribution is 2.29. The number of hydrogen-bond donors (Lipinski definition) is 2. The van der Waals surface area contributed by atoms with Gasteiger partial charge in [0.1, 0.15) is 0 Å². The van der Waals surface area contributed by atoms with Crippen molar-refractivity contribution in [1.82, 2.24) is 0 Å². The van der Waals surface area contributed by atoms with Crippen molar-refractivity contribution in [2.75, 3.05) is 6.61 Å². The van der Waals surface area contributed by atoms with E-state index in [2.05, 4.69) is 0 Å². The third-order valence-corrected chi connectivity index (χ3v) is 2.32. The molecule has 18 heavy (non-hydrogen) atoms. The fourth-order valence-corrected chi connectivity index (χ4v) is 1.43. The predicted octanol–water partition coefficient (Wildman–Crippen LogP) is 1.25. The molecule has 1 aromatic carbocycles. The maximum atomic E-state index is 11.2. The van der Waals surface area contributed by atoms with Gasteiger partial charge in [0.25, 0.3) is 0 Å². The summed E-state index contributed by atoms with van der Waals surface area (Å²) in [7, 11) is 0. The van der Waals surface area contributed by atoms with E-state index in [1.165, 1.54) is 12.1 Å². The number of aromatic hydroxyl groups is 1. The van der Waals surface area contributed by atoms with Gasteiger partial charge >= 0.3 is 11.7 Å². The Bertz CT molecular complexity index is 461. The van der Waals surface area contributed by atoms with Gasteiger partial charge in [-0.2, -0.15) is 0 Å².